The van der Waals surface area contributed by atoms with E-state index in [1.54, 1.807) is 24.1 Å². The highest BCUT2D eigenvalue weighted by Crippen LogP contribution is 2.19. The van der Waals surface area contributed by atoms with Gasteiger partial charge >= 0.3 is 0 Å². The van der Waals surface area contributed by atoms with Crippen molar-refractivity contribution in [1.82, 2.24) is 9.84 Å². The molecule has 3 N–H and O–H groups in total. The van der Waals surface area contributed by atoms with Gasteiger partial charge in [0.15, 0.2) is 0 Å². The Morgan fingerprint density at radius 3 is 2.58 bits per heavy atom. The van der Waals surface area contributed by atoms with Crippen LogP contribution in [-0.2, 0) is 16.6 Å². The van der Waals surface area contributed by atoms with Crippen molar-refractivity contribution in [3.63, 3.8) is 0 Å². The minimum atomic E-state index is -3.50. The molecule has 1 aliphatic rings. The Labute approximate surface area is 114 Å². The summed E-state index contributed by atoms with van der Waals surface area (Å²) in [4.78, 5) is 2.99. The Hall–Kier alpha value is -0.950. The highest BCUT2D eigenvalue weighted by atomic mass is 32.2. The van der Waals surface area contributed by atoms with Crippen molar-refractivity contribution in [2.75, 3.05) is 13.1 Å². The first kappa shape index (κ1) is 14.5. The molecule has 0 spiro atoms. The SMILES string of the molecule is Cc1c(CN)cccc1S(=O)(=O)NN1CCCCC1. The van der Waals surface area contributed by atoms with Gasteiger partial charge in [-0.3, -0.25) is 0 Å². The lowest BCUT2D eigenvalue weighted by molar-refractivity contribution is 0.200. The van der Waals surface area contributed by atoms with Crippen molar-refractivity contribution in [2.24, 2.45) is 5.73 Å². The molecule has 0 amide bonds. The van der Waals surface area contributed by atoms with Crippen LogP contribution >= 0.6 is 0 Å². The molecule has 6 heteroatoms. The number of nitrogens with two attached hydrogens (primary N) is 1. The molecule has 1 heterocycles. The van der Waals surface area contributed by atoms with Crippen LogP contribution < -0.4 is 10.6 Å². The average molecular weight is 283 g/mol. The molecule has 0 unspecified atom stereocenters. The number of sulfonamides is 1. The molecule has 1 aliphatic heterocycles. The van der Waals surface area contributed by atoms with E-state index in [0.29, 0.717) is 11.4 Å². The Morgan fingerprint density at radius 2 is 1.95 bits per heavy atom. The van der Waals surface area contributed by atoms with E-state index in [9.17, 15) is 8.42 Å². The van der Waals surface area contributed by atoms with Gasteiger partial charge in [-0.2, -0.15) is 0 Å². The van der Waals surface area contributed by atoms with Gasteiger partial charge in [0.25, 0.3) is 10.0 Å². The van der Waals surface area contributed by atoms with Gasteiger partial charge in [-0.05, 0) is 37.0 Å². The van der Waals surface area contributed by atoms with Gasteiger partial charge in [-0.15, -0.1) is 4.83 Å². The van der Waals surface area contributed by atoms with Crippen LogP contribution in [0.3, 0.4) is 0 Å². The molecule has 1 saturated heterocycles. The second kappa shape index (κ2) is 6.00. The van der Waals surface area contributed by atoms with Crippen molar-refractivity contribution >= 4 is 10.0 Å². The van der Waals surface area contributed by atoms with Gasteiger partial charge in [0.2, 0.25) is 0 Å². The number of nitrogens with one attached hydrogen (secondary N) is 1. The number of piperidine rings is 1. The first-order valence-electron chi connectivity index (χ1n) is 6.60. The van der Waals surface area contributed by atoms with E-state index in [1.165, 1.54) is 6.42 Å². The van der Waals surface area contributed by atoms with Crippen LogP contribution in [0.1, 0.15) is 30.4 Å². The predicted octanol–water partition coefficient (Wildman–Crippen LogP) is 1.13. The Morgan fingerprint density at radius 1 is 1.26 bits per heavy atom. The highest BCUT2D eigenvalue weighted by Gasteiger charge is 2.22. The molecule has 0 saturated carbocycles. The van der Waals surface area contributed by atoms with E-state index in [-0.39, 0.29) is 0 Å². The molecule has 0 aromatic heterocycles. The third-order valence-electron chi connectivity index (χ3n) is 3.51. The second-order valence-electron chi connectivity index (χ2n) is 4.89. The molecule has 5 nitrogen and oxygen atoms in total. The maximum absolute atomic E-state index is 12.4. The third kappa shape index (κ3) is 3.33. The maximum Gasteiger partial charge on any atom is 0.253 e. The van der Waals surface area contributed by atoms with E-state index >= 15 is 0 Å². The fourth-order valence-electron chi connectivity index (χ4n) is 2.38. The molecule has 0 radical (unpaired) electrons. The van der Waals surface area contributed by atoms with E-state index in [2.05, 4.69) is 4.83 Å². The summed E-state index contributed by atoms with van der Waals surface area (Å²) < 4.78 is 24.8. The van der Waals surface area contributed by atoms with Crippen LogP contribution in [0.2, 0.25) is 0 Å². The quantitative estimate of drug-likeness (QED) is 0.868. The smallest absolute Gasteiger partial charge is 0.253 e. The molecule has 1 fully saturated rings. The lowest BCUT2D eigenvalue weighted by Gasteiger charge is -2.27. The third-order valence-corrected chi connectivity index (χ3v) is 5.03. The molecule has 19 heavy (non-hydrogen) atoms. The maximum atomic E-state index is 12.4. The van der Waals surface area contributed by atoms with Crippen LogP contribution in [0.15, 0.2) is 23.1 Å². The molecular formula is C13H21N3O2S. The summed E-state index contributed by atoms with van der Waals surface area (Å²) >= 11 is 0. The number of nitrogens with zero attached hydrogens (tertiary/aromatic N) is 1. The lowest BCUT2D eigenvalue weighted by Crippen LogP contribution is -2.45. The number of benzene rings is 1. The number of hydrazine groups is 1. The fourth-order valence-corrected chi connectivity index (χ4v) is 3.79. The number of hydrogen-bond acceptors (Lipinski definition) is 4. The Balaban J connectivity index is 2.23. The van der Waals surface area contributed by atoms with Crippen LogP contribution in [0, 0.1) is 6.92 Å². The zero-order valence-corrected chi connectivity index (χ0v) is 12.0. The van der Waals surface area contributed by atoms with E-state index < -0.39 is 10.0 Å². The van der Waals surface area contributed by atoms with E-state index in [4.69, 9.17) is 5.73 Å². The van der Waals surface area contributed by atoms with Crippen molar-refractivity contribution in [3.8, 4) is 0 Å². The van der Waals surface area contributed by atoms with Crippen LogP contribution in [-0.4, -0.2) is 26.5 Å². The fraction of sp³-hybridized carbons (Fsp3) is 0.538. The van der Waals surface area contributed by atoms with Crippen LogP contribution in [0.5, 0.6) is 0 Å². The van der Waals surface area contributed by atoms with E-state index in [0.717, 1.165) is 37.1 Å². The largest absolute Gasteiger partial charge is 0.326 e. The van der Waals surface area contributed by atoms with Crippen LogP contribution in [0.4, 0.5) is 0 Å². The predicted molar refractivity (Wildman–Crippen MR) is 74.8 cm³/mol. The Bertz CT molecular complexity index is 537. The van der Waals surface area contributed by atoms with Gasteiger partial charge in [-0.25, -0.2) is 13.4 Å². The van der Waals surface area contributed by atoms with Gasteiger partial charge in [0.05, 0.1) is 4.90 Å². The average Bonchev–Trinajstić information content (AvgIpc) is 2.39. The minimum absolute atomic E-state index is 0.320. The van der Waals surface area contributed by atoms with Gasteiger partial charge in [0, 0.05) is 19.6 Å². The zero-order chi connectivity index (χ0) is 13.9. The highest BCUT2D eigenvalue weighted by molar-refractivity contribution is 7.89. The van der Waals surface area contributed by atoms with Crippen molar-refractivity contribution in [2.45, 2.75) is 37.6 Å². The molecule has 1 aromatic carbocycles. The molecule has 0 aliphatic carbocycles. The van der Waals surface area contributed by atoms with Gasteiger partial charge < -0.3 is 5.73 Å². The first-order chi connectivity index (χ1) is 9.04. The van der Waals surface area contributed by atoms with Crippen molar-refractivity contribution < 1.29 is 8.42 Å². The summed E-state index contributed by atoms with van der Waals surface area (Å²) in [5, 5.41) is 1.79. The number of hydrogen-bond donors (Lipinski definition) is 2. The van der Waals surface area contributed by atoms with Crippen molar-refractivity contribution in [3.05, 3.63) is 29.3 Å². The first-order valence-corrected chi connectivity index (χ1v) is 8.09. The molecular weight excluding hydrogens is 262 g/mol. The standard InChI is InChI=1S/C13H21N3O2S/c1-11-12(10-14)6-5-7-13(11)19(17,18)15-16-8-3-2-4-9-16/h5-7,15H,2-4,8-10,14H2,1H3. The summed E-state index contributed by atoms with van der Waals surface area (Å²) in [7, 11) is -3.50. The van der Waals surface area contributed by atoms with Gasteiger partial charge in [-0.1, -0.05) is 18.6 Å². The summed E-state index contributed by atoms with van der Waals surface area (Å²) in [6.07, 6.45) is 3.23. The lowest BCUT2D eigenvalue weighted by atomic mass is 10.1. The second-order valence-corrected chi connectivity index (χ2v) is 6.52. The summed E-state index contributed by atoms with van der Waals surface area (Å²) in [5.74, 6) is 0. The normalized spacial score (nSPS) is 17.6. The summed E-state index contributed by atoms with van der Waals surface area (Å²) in [5.41, 5.74) is 7.21. The van der Waals surface area contributed by atoms with Crippen LogP contribution in [0.25, 0.3) is 0 Å². The molecule has 0 atom stereocenters. The monoisotopic (exact) mass is 283 g/mol. The minimum Gasteiger partial charge on any atom is -0.326 e. The summed E-state index contributed by atoms with van der Waals surface area (Å²) in [6.45, 7) is 3.69. The molecule has 106 valence electrons. The Kier molecular flexibility index (Phi) is 4.57. The summed E-state index contributed by atoms with van der Waals surface area (Å²) in [6, 6.07) is 5.22. The molecule has 1 aromatic rings. The number of rotatable bonds is 4. The van der Waals surface area contributed by atoms with Crippen molar-refractivity contribution in [1.29, 1.82) is 0 Å². The van der Waals surface area contributed by atoms with E-state index in [1.807, 2.05) is 6.07 Å². The molecule has 0 bridgehead atoms. The zero-order valence-electron chi connectivity index (χ0n) is 11.2. The topological polar surface area (TPSA) is 75.4 Å². The van der Waals surface area contributed by atoms with Gasteiger partial charge in [0.1, 0.15) is 0 Å². The molecule has 2 rings (SSSR count).